The molecule has 3 rings (SSSR count). The van der Waals surface area contributed by atoms with Crippen molar-refractivity contribution in [1.29, 1.82) is 0 Å². The lowest BCUT2D eigenvalue weighted by Gasteiger charge is -2.38. The monoisotopic (exact) mass is 290 g/mol. The van der Waals surface area contributed by atoms with Crippen LogP contribution in [0.2, 0.25) is 0 Å². The molecular weight excluding hydrogens is 264 g/mol. The maximum absolute atomic E-state index is 5.95. The molecule has 0 N–H and O–H groups in total. The maximum atomic E-state index is 5.95. The number of piperidine rings is 1. The largest absolute Gasteiger partial charge is 0.379 e. The summed E-state index contributed by atoms with van der Waals surface area (Å²) in [7, 11) is 0. The van der Waals surface area contributed by atoms with E-state index in [1.807, 2.05) is 19.2 Å². The number of hydrogen-bond donors (Lipinski definition) is 0. The SMILES string of the molecule is CCOC[C@H]1CC2(CCN(Cc3ccccn3)CC2)CO1. The second kappa shape index (κ2) is 6.86. The second-order valence-corrected chi connectivity index (χ2v) is 6.39. The minimum Gasteiger partial charge on any atom is -0.379 e. The molecule has 1 aromatic rings. The minimum absolute atomic E-state index is 0.312. The summed E-state index contributed by atoms with van der Waals surface area (Å²) < 4.78 is 11.5. The van der Waals surface area contributed by atoms with E-state index in [-0.39, 0.29) is 0 Å². The number of hydrogen-bond acceptors (Lipinski definition) is 4. The zero-order chi connectivity index (χ0) is 14.5. The summed E-state index contributed by atoms with van der Waals surface area (Å²) in [4.78, 5) is 6.94. The van der Waals surface area contributed by atoms with Gasteiger partial charge in [0.25, 0.3) is 0 Å². The van der Waals surface area contributed by atoms with E-state index in [0.717, 1.165) is 39.5 Å². The molecule has 1 spiro atoms. The van der Waals surface area contributed by atoms with Crippen LogP contribution in [0.15, 0.2) is 24.4 Å². The molecule has 2 aliphatic heterocycles. The van der Waals surface area contributed by atoms with E-state index < -0.39 is 0 Å². The van der Waals surface area contributed by atoms with E-state index in [2.05, 4.69) is 22.0 Å². The Kier molecular flexibility index (Phi) is 4.88. The molecular formula is C17H26N2O2. The van der Waals surface area contributed by atoms with Crippen LogP contribution in [-0.2, 0) is 16.0 Å². The topological polar surface area (TPSA) is 34.6 Å². The lowest BCUT2D eigenvalue weighted by atomic mass is 9.76. The highest BCUT2D eigenvalue weighted by atomic mass is 16.5. The van der Waals surface area contributed by atoms with Gasteiger partial charge in [0.05, 0.1) is 25.0 Å². The van der Waals surface area contributed by atoms with Crippen LogP contribution < -0.4 is 0 Å². The Morgan fingerprint density at radius 3 is 2.95 bits per heavy atom. The van der Waals surface area contributed by atoms with Crippen LogP contribution in [0.5, 0.6) is 0 Å². The minimum atomic E-state index is 0.312. The van der Waals surface area contributed by atoms with Crippen molar-refractivity contribution in [2.24, 2.45) is 5.41 Å². The zero-order valence-electron chi connectivity index (χ0n) is 13.0. The van der Waals surface area contributed by atoms with Gasteiger partial charge in [0.15, 0.2) is 0 Å². The van der Waals surface area contributed by atoms with Crippen LogP contribution in [0.3, 0.4) is 0 Å². The number of pyridine rings is 1. The third-order valence-corrected chi connectivity index (χ3v) is 4.82. The van der Waals surface area contributed by atoms with E-state index in [1.54, 1.807) is 0 Å². The summed E-state index contributed by atoms with van der Waals surface area (Å²) in [5, 5.41) is 0. The highest BCUT2D eigenvalue weighted by molar-refractivity contribution is 5.04. The van der Waals surface area contributed by atoms with Gasteiger partial charge >= 0.3 is 0 Å². The van der Waals surface area contributed by atoms with Crippen molar-refractivity contribution < 1.29 is 9.47 Å². The summed E-state index contributed by atoms with van der Waals surface area (Å²) in [6, 6.07) is 6.15. The Balaban J connectivity index is 1.47. The molecule has 4 nitrogen and oxygen atoms in total. The average molecular weight is 290 g/mol. The van der Waals surface area contributed by atoms with E-state index >= 15 is 0 Å². The molecule has 2 aliphatic rings. The molecule has 0 saturated carbocycles. The third kappa shape index (κ3) is 3.82. The van der Waals surface area contributed by atoms with Crippen molar-refractivity contribution in [2.75, 3.05) is 32.9 Å². The predicted molar refractivity (Wildman–Crippen MR) is 82.0 cm³/mol. The first-order chi connectivity index (χ1) is 10.3. The summed E-state index contributed by atoms with van der Waals surface area (Å²) in [6.45, 7) is 7.78. The molecule has 0 bridgehead atoms. The quantitative estimate of drug-likeness (QED) is 0.834. The molecule has 2 saturated heterocycles. The Hall–Kier alpha value is -0.970. The van der Waals surface area contributed by atoms with Crippen molar-refractivity contribution in [3.05, 3.63) is 30.1 Å². The van der Waals surface area contributed by atoms with Gasteiger partial charge in [0, 0.05) is 19.3 Å². The molecule has 1 aromatic heterocycles. The fourth-order valence-electron chi connectivity index (χ4n) is 3.51. The van der Waals surface area contributed by atoms with Crippen molar-refractivity contribution >= 4 is 0 Å². The normalized spacial score (nSPS) is 25.5. The van der Waals surface area contributed by atoms with Crippen molar-refractivity contribution in [3.63, 3.8) is 0 Å². The Morgan fingerprint density at radius 1 is 1.38 bits per heavy atom. The predicted octanol–water partition coefficient (Wildman–Crippen LogP) is 2.49. The number of aromatic nitrogens is 1. The Morgan fingerprint density at radius 2 is 2.24 bits per heavy atom. The van der Waals surface area contributed by atoms with Crippen molar-refractivity contribution in [2.45, 2.75) is 38.8 Å². The number of rotatable bonds is 5. The molecule has 1 atom stereocenters. The molecule has 21 heavy (non-hydrogen) atoms. The summed E-state index contributed by atoms with van der Waals surface area (Å²) in [5.41, 5.74) is 1.58. The molecule has 0 unspecified atom stereocenters. The maximum Gasteiger partial charge on any atom is 0.0814 e. The van der Waals surface area contributed by atoms with Gasteiger partial charge in [0.1, 0.15) is 0 Å². The Labute approximate surface area is 127 Å². The summed E-state index contributed by atoms with van der Waals surface area (Å²) in [5.74, 6) is 0. The smallest absolute Gasteiger partial charge is 0.0814 e. The second-order valence-electron chi connectivity index (χ2n) is 6.39. The van der Waals surface area contributed by atoms with Gasteiger partial charge in [-0.15, -0.1) is 0 Å². The van der Waals surface area contributed by atoms with E-state index in [4.69, 9.17) is 9.47 Å². The molecule has 0 aromatic carbocycles. The summed E-state index contributed by atoms with van der Waals surface area (Å²) in [6.07, 6.45) is 5.84. The fourth-order valence-corrected chi connectivity index (χ4v) is 3.51. The van der Waals surface area contributed by atoms with Gasteiger partial charge in [-0.2, -0.15) is 0 Å². The van der Waals surface area contributed by atoms with Crippen molar-refractivity contribution in [3.8, 4) is 0 Å². The Bertz CT molecular complexity index is 430. The van der Waals surface area contributed by atoms with Crippen LogP contribution in [0.4, 0.5) is 0 Å². The number of nitrogens with zero attached hydrogens (tertiary/aromatic N) is 2. The average Bonchev–Trinajstić information content (AvgIpc) is 2.92. The first-order valence-electron chi connectivity index (χ1n) is 8.11. The van der Waals surface area contributed by atoms with Gasteiger partial charge in [-0.1, -0.05) is 6.07 Å². The molecule has 0 radical (unpaired) electrons. The van der Waals surface area contributed by atoms with Crippen LogP contribution in [0.1, 0.15) is 31.9 Å². The molecule has 3 heterocycles. The third-order valence-electron chi connectivity index (χ3n) is 4.82. The lowest BCUT2D eigenvalue weighted by Crippen LogP contribution is -2.40. The van der Waals surface area contributed by atoms with Gasteiger partial charge in [-0.25, -0.2) is 0 Å². The van der Waals surface area contributed by atoms with Crippen LogP contribution in [0, 0.1) is 5.41 Å². The molecule has 2 fully saturated rings. The van der Waals surface area contributed by atoms with Crippen molar-refractivity contribution in [1.82, 2.24) is 9.88 Å². The molecule has 0 amide bonds. The van der Waals surface area contributed by atoms with E-state index in [1.165, 1.54) is 25.0 Å². The van der Waals surface area contributed by atoms with E-state index in [0.29, 0.717) is 11.5 Å². The fraction of sp³-hybridized carbons (Fsp3) is 0.706. The van der Waals surface area contributed by atoms with Crippen LogP contribution in [-0.4, -0.2) is 48.9 Å². The van der Waals surface area contributed by atoms with Crippen LogP contribution >= 0.6 is 0 Å². The summed E-state index contributed by atoms with van der Waals surface area (Å²) >= 11 is 0. The standard InChI is InChI=1S/C17H26N2O2/c1-2-20-13-16-11-17(14-21-16)6-9-19(10-7-17)12-15-5-3-4-8-18-15/h3-5,8,16H,2,6-7,9-14H2,1H3/t16-/m1/s1. The highest BCUT2D eigenvalue weighted by Crippen LogP contribution is 2.42. The van der Waals surface area contributed by atoms with Gasteiger partial charge in [-0.3, -0.25) is 9.88 Å². The van der Waals surface area contributed by atoms with Crippen LogP contribution in [0.25, 0.3) is 0 Å². The van der Waals surface area contributed by atoms with Gasteiger partial charge in [0.2, 0.25) is 0 Å². The highest BCUT2D eigenvalue weighted by Gasteiger charge is 2.42. The molecule has 0 aliphatic carbocycles. The number of likely N-dealkylation sites (tertiary alicyclic amines) is 1. The zero-order valence-corrected chi connectivity index (χ0v) is 13.0. The first-order valence-corrected chi connectivity index (χ1v) is 8.11. The number of ether oxygens (including phenoxy) is 2. The lowest BCUT2D eigenvalue weighted by molar-refractivity contribution is 0.0157. The molecule has 4 heteroatoms. The van der Waals surface area contributed by atoms with Gasteiger partial charge in [-0.05, 0) is 56.8 Å². The first kappa shape index (κ1) is 14.9. The van der Waals surface area contributed by atoms with Gasteiger partial charge < -0.3 is 9.47 Å². The van der Waals surface area contributed by atoms with E-state index in [9.17, 15) is 0 Å². The molecule has 116 valence electrons.